The number of hydrogen-bond acceptors (Lipinski definition) is 2. The molecule has 128 valence electrons. The summed E-state index contributed by atoms with van der Waals surface area (Å²) >= 11 is 0. The molecule has 2 rings (SSSR count). The average Bonchev–Trinajstić information content (AvgIpc) is 2.54. The van der Waals surface area contributed by atoms with Crippen molar-refractivity contribution in [3.05, 3.63) is 35.6 Å². The van der Waals surface area contributed by atoms with E-state index < -0.39 is 6.10 Å². The molecule has 1 aliphatic heterocycles. The molecule has 1 fully saturated rings. The number of hydrogen-bond donors (Lipinski definition) is 2. The molecule has 0 saturated carbocycles. The minimum absolute atomic E-state index is 0.0135. The predicted molar refractivity (Wildman–Crippen MR) is 88.5 cm³/mol. The van der Waals surface area contributed by atoms with Gasteiger partial charge in [0, 0.05) is 19.6 Å². The summed E-state index contributed by atoms with van der Waals surface area (Å²) in [5.74, 6) is 0.390. The molecular formula is C18H27FN2O2. The second-order valence-corrected chi connectivity index (χ2v) is 6.74. The van der Waals surface area contributed by atoms with Crippen LogP contribution >= 0.6 is 0 Å². The summed E-state index contributed by atoms with van der Waals surface area (Å²) in [6, 6.07) is 5.99. The smallest absolute Gasteiger partial charge is 0.317 e. The topological polar surface area (TPSA) is 52.6 Å². The maximum absolute atomic E-state index is 13.0. The zero-order valence-corrected chi connectivity index (χ0v) is 14.0. The molecule has 1 unspecified atom stereocenters. The van der Waals surface area contributed by atoms with Crippen molar-refractivity contribution < 1.29 is 14.3 Å². The number of nitrogens with one attached hydrogen (secondary N) is 1. The van der Waals surface area contributed by atoms with Gasteiger partial charge in [0.25, 0.3) is 0 Å². The number of nitrogens with zero attached hydrogens (tertiary/aromatic N) is 1. The zero-order valence-electron chi connectivity index (χ0n) is 14.0. The molecule has 1 aromatic rings. The van der Waals surface area contributed by atoms with E-state index in [1.165, 1.54) is 12.1 Å². The molecule has 0 radical (unpaired) electrons. The fourth-order valence-corrected chi connectivity index (χ4v) is 2.93. The van der Waals surface area contributed by atoms with Crippen LogP contribution in [0.1, 0.15) is 44.8 Å². The number of likely N-dealkylation sites (tertiary alicyclic amines) is 1. The van der Waals surface area contributed by atoms with Gasteiger partial charge in [0.1, 0.15) is 5.82 Å². The molecule has 2 N–H and O–H groups in total. The van der Waals surface area contributed by atoms with Crippen molar-refractivity contribution in [2.45, 2.75) is 39.2 Å². The zero-order chi connectivity index (χ0) is 16.8. The minimum atomic E-state index is -0.596. The number of urea groups is 1. The molecule has 4 nitrogen and oxygen atoms in total. The van der Waals surface area contributed by atoms with E-state index in [9.17, 15) is 14.3 Å². The van der Waals surface area contributed by atoms with E-state index in [1.807, 2.05) is 4.90 Å². The Morgan fingerprint density at radius 2 is 1.91 bits per heavy atom. The lowest BCUT2D eigenvalue weighted by Crippen LogP contribution is -2.45. The summed E-state index contributed by atoms with van der Waals surface area (Å²) in [7, 11) is 0. The van der Waals surface area contributed by atoms with Gasteiger partial charge in [-0.3, -0.25) is 0 Å². The summed E-state index contributed by atoms with van der Waals surface area (Å²) < 4.78 is 13.0. The number of piperidine rings is 1. The molecule has 1 saturated heterocycles. The van der Waals surface area contributed by atoms with Crippen LogP contribution in [0.25, 0.3) is 0 Å². The Morgan fingerprint density at radius 3 is 2.48 bits per heavy atom. The highest BCUT2D eigenvalue weighted by atomic mass is 19.1. The Morgan fingerprint density at radius 1 is 1.30 bits per heavy atom. The molecule has 1 aliphatic rings. The van der Waals surface area contributed by atoms with Crippen LogP contribution in [0.4, 0.5) is 9.18 Å². The van der Waals surface area contributed by atoms with Gasteiger partial charge in [-0.05, 0) is 48.8 Å². The first-order valence-electron chi connectivity index (χ1n) is 8.43. The third-order valence-electron chi connectivity index (χ3n) is 4.48. The number of carbonyl (C=O) groups excluding carboxylic acids is 1. The number of halogens is 1. The molecular weight excluding hydrogens is 295 g/mol. The van der Waals surface area contributed by atoms with Gasteiger partial charge in [-0.1, -0.05) is 26.0 Å². The lowest BCUT2D eigenvalue weighted by molar-refractivity contribution is 0.0665. The molecule has 0 spiro atoms. The highest BCUT2D eigenvalue weighted by Crippen LogP contribution is 2.30. The fourth-order valence-electron chi connectivity index (χ4n) is 2.93. The Labute approximate surface area is 137 Å². The number of aliphatic hydroxyl groups is 1. The standard InChI is InChI=1S/C18H27FN2O2/c1-13(2)7-10-20-18(23)21-11-8-15(9-12-21)17(22)14-3-5-16(19)6-4-14/h3-6,13,15,17,22H,7-12H2,1-2H3,(H,20,23). The molecule has 1 aromatic carbocycles. The second kappa shape index (κ2) is 8.29. The van der Waals surface area contributed by atoms with E-state index in [2.05, 4.69) is 19.2 Å². The Bertz CT molecular complexity index is 496. The van der Waals surface area contributed by atoms with Crippen molar-refractivity contribution in [3.8, 4) is 0 Å². The van der Waals surface area contributed by atoms with Crippen molar-refractivity contribution in [3.63, 3.8) is 0 Å². The molecule has 0 aromatic heterocycles. The minimum Gasteiger partial charge on any atom is -0.388 e. The van der Waals surface area contributed by atoms with E-state index in [0.717, 1.165) is 24.8 Å². The summed E-state index contributed by atoms with van der Waals surface area (Å²) in [6.45, 7) is 6.27. The molecule has 1 atom stereocenters. The molecule has 0 bridgehead atoms. The lowest BCUT2D eigenvalue weighted by Gasteiger charge is -2.34. The van der Waals surface area contributed by atoms with Gasteiger partial charge in [0.05, 0.1) is 6.10 Å². The Balaban J connectivity index is 1.79. The highest BCUT2D eigenvalue weighted by molar-refractivity contribution is 5.74. The van der Waals surface area contributed by atoms with Gasteiger partial charge < -0.3 is 15.3 Å². The average molecular weight is 322 g/mol. The molecule has 1 heterocycles. The number of aliphatic hydroxyl groups excluding tert-OH is 1. The van der Waals surface area contributed by atoms with Crippen molar-refractivity contribution in [2.75, 3.05) is 19.6 Å². The maximum Gasteiger partial charge on any atom is 0.317 e. The van der Waals surface area contributed by atoms with Gasteiger partial charge in [-0.25, -0.2) is 9.18 Å². The summed E-state index contributed by atoms with van der Waals surface area (Å²) in [6.07, 6.45) is 1.90. The quantitative estimate of drug-likeness (QED) is 0.874. The normalized spacial score (nSPS) is 17.3. The van der Waals surface area contributed by atoms with Gasteiger partial charge in [-0.2, -0.15) is 0 Å². The monoisotopic (exact) mass is 322 g/mol. The van der Waals surface area contributed by atoms with E-state index >= 15 is 0 Å². The van der Waals surface area contributed by atoms with Crippen LogP contribution in [-0.4, -0.2) is 35.7 Å². The second-order valence-electron chi connectivity index (χ2n) is 6.74. The van der Waals surface area contributed by atoms with Crippen LogP contribution in [0.2, 0.25) is 0 Å². The molecule has 0 aliphatic carbocycles. The lowest BCUT2D eigenvalue weighted by atomic mass is 9.87. The number of amides is 2. The first-order valence-corrected chi connectivity index (χ1v) is 8.43. The van der Waals surface area contributed by atoms with Gasteiger partial charge in [0.2, 0.25) is 0 Å². The van der Waals surface area contributed by atoms with Gasteiger partial charge >= 0.3 is 6.03 Å². The highest BCUT2D eigenvalue weighted by Gasteiger charge is 2.28. The summed E-state index contributed by atoms with van der Waals surface area (Å²) in [4.78, 5) is 13.9. The van der Waals surface area contributed by atoms with E-state index in [-0.39, 0.29) is 17.8 Å². The van der Waals surface area contributed by atoms with Crippen molar-refractivity contribution in [1.29, 1.82) is 0 Å². The number of carbonyl (C=O) groups is 1. The summed E-state index contributed by atoms with van der Waals surface area (Å²) in [5, 5.41) is 13.4. The third kappa shape index (κ3) is 5.20. The van der Waals surface area contributed by atoms with Crippen molar-refractivity contribution >= 4 is 6.03 Å². The first-order chi connectivity index (χ1) is 11.0. The fraction of sp³-hybridized carbons (Fsp3) is 0.611. The predicted octanol–water partition coefficient (Wildman–Crippen LogP) is 3.33. The van der Waals surface area contributed by atoms with Crippen LogP contribution in [0.15, 0.2) is 24.3 Å². The molecule has 5 heteroatoms. The largest absolute Gasteiger partial charge is 0.388 e. The van der Waals surface area contributed by atoms with Crippen molar-refractivity contribution in [2.24, 2.45) is 11.8 Å². The Hall–Kier alpha value is -1.62. The van der Waals surface area contributed by atoms with Gasteiger partial charge in [-0.15, -0.1) is 0 Å². The van der Waals surface area contributed by atoms with Crippen molar-refractivity contribution in [1.82, 2.24) is 10.2 Å². The van der Waals surface area contributed by atoms with Crippen LogP contribution in [0.3, 0.4) is 0 Å². The third-order valence-corrected chi connectivity index (χ3v) is 4.48. The van der Waals surface area contributed by atoms with E-state index in [4.69, 9.17) is 0 Å². The number of rotatable bonds is 5. The van der Waals surface area contributed by atoms with Crippen LogP contribution in [0, 0.1) is 17.7 Å². The maximum atomic E-state index is 13.0. The summed E-state index contributed by atoms with van der Waals surface area (Å²) in [5.41, 5.74) is 0.742. The van der Waals surface area contributed by atoms with Gasteiger partial charge in [0.15, 0.2) is 0 Å². The van der Waals surface area contributed by atoms with Crippen LogP contribution < -0.4 is 5.32 Å². The van der Waals surface area contributed by atoms with Crippen LogP contribution in [-0.2, 0) is 0 Å². The molecule has 2 amide bonds. The van der Waals surface area contributed by atoms with E-state index in [1.54, 1.807) is 12.1 Å². The van der Waals surface area contributed by atoms with Crippen LogP contribution in [0.5, 0.6) is 0 Å². The van der Waals surface area contributed by atoms with E-state index in [0.29, 0.717) is 25.6 Å². The first kappa shape index (κ1) is 17.7. The molecule has 23 heavy (non-hydrogen) atoms. The Kier molecular flexibility index (Phi) is 6.39. The number of benzene rings is 1. The SMILES string of the molecule is CC(C)CCNC(=O)N1CCC(C(O)c2ccc(F)cc2)CC1.